The summed E-state index contributed by atoms with van der Waals surface area (Å²) in [4.78, 5) is 2.44. The molecule has 3 aliphatic heterocycles. The van der Waals surface area contributed by atoms with E-state index in [9.17, 15) is 12.8 Å². The highest BCUT2D eigenvalue weighted by atomic mass is 35.5. The maximum Gasteiger partial charge on any atom is 0.214 e. The van der Waals surface area contributed by atoms with Gasteiger partial charge in [-0.05, 0) is 61.3 Å². The number of piperidine rings is 2. The van der Waals surface area contributed by atoms with Crippen LogP contribution in [0.2, 0.25) is 0 Å². The first-order chi connectivity index (χ1) is 12.5. The Kier molecular flexibility index (Phi) is 5.30. The zero-order chi connectivity index (χ0) is 18.3. The number of nitrogens with zero attached hydrogens (tertiary/aromatic N) is 2. The maximum absolute atomic E-state index is 13.9. The Morgan fingerprint density at radius 3 is 2.92 bits per heavy atom. The molecule has 0 spiro atoms. The van der Waals surface area contributed by atoms with Gasteiger partial charge < -0.3 is 0 Å². The third-order valence-corrected chi connectivity index (χ3v) is 8.51. The van der Waals surface area contributed by atoms with Crippen molar-refractivity contribution >= 4 is 21.6 Å². The number of alkyl halides is 1. The first-order valence-electron chi connectivity index (χ1n) is 9.57. The predicted molar refractivity (Wildman–Crippen MR) is 101 cm³/mol. The minimum atomic E-state index is -3.28. The van der Waals surface area contributed by atoms with Crippen molar-refractivity contribution in [3.8, 4) is 0 Å². The highest BCUT2D eigenvalue weighted by molar-refractivity contribution is 7.89. The van der Waals surface area contributed by atoms with Gasteiger partial charge >= 0.3 is 0 Å². The van der Waals surface area contributed by atoms with Crippen LogP contribution in [0, 0.1) is 11.7 Å². The van der Waals surface area contributed by atoms with Gasteiger partial charge in [-0.3, -0.25) is 4.90 Å². The normalized spacial score (nSPS) is 29.7. The van der Waals surface area contributed by atoms with Crippen molar-refractivity contribution in [1.29, 1.82) is 0 Å². The van der Waals surface area contributed by atoms with Crippen LogP contribution in [0.4, 0.5) is 4.39 Å². The lowest BCUT2D eigenvalue weighted by Gasteiger charge is -2.51. The molecule has 0 amide bonds. The molecular weight excluding hydrogens is 375 g/mol. The highest BCUT2D eigenvalue weighted by Gasteiger charge is 2.45. The van der Waals surface area contributed by atoms with Gasteiger partial charge in [0, 0.05) is 37.6 Å². The predicted octanol–water partition coefficient (Wildman–Crippen LogP) is 3.17. The molecule has 0 radical (unpaired) electrons. The molecule has 3 heterocycles. The van der Waals surface area contributed by atoms with Crippen molar-refractivity contribution in [1.82, 2.24) is 9.21 Å². The first-order valence-corrected chi connectivity index (χ1v) is 11.7. The molecule has 1 aromatic rings. The molecule has 0 aromatic heterocycles. The molecule has 0 N–H and O–H groups in total. The van der Waals surface area contributed by atoms with E-state index in [1.807, 2.05) is 6.07 Å². The van der Waals surface area contributed by atoms with Crippen LogP contribution in [-0.4, -0.2) is 54.9 Å². The number of benzene rings is 1. The topological polar surface area (TPSA) is 40.6 Å². The van der Waals surface area contributed by atoms with Crippen molar-refractivity contribution in [3.05, 3.63) is 35.1 Å². The molecule has 0 bridgehead atoms. The average molecular weight is 401 g/mol. The Labute approximate surface area is 160 Å². The fraction of sp³-hybridized carbons (Fsp3) is 0.684. The molecule has 144 valence electrons. The molecule has 0 saturated carbocycles. The van der Waals surface area contributed by atoms with Gasteiger partial charge in [0.05, 0.1) is 5.75 Å². The van der Waals surface area contributed by atoms with Gasteiger partial charge in [-0.2, -0.15) is 4.31 Å². The van der Waals surface area contributed by atoms with Crippen molar-refractivity contribution < 1.29 is 12.8 Å². The Balaban J connectivity index is 1.62. The fourth-order valence-electron chi connectivity index (χ4n) is 5.07. The molecule has 4 rings (SSSR count). The van der Waals surface area contributed by atoms with E-state index in [-0.39, 0.29) is 23.7 Å². The summed E-state index contributed by atoms with van der Waals surface area (Å²) in [5, 5.41) is 0. The molecule has 2 fully saturated rings. The van der Waals surface area contributed by atoms with Crippen molar-refractivity contribution in [2.75, 3.05) is 31.3 Å². The first kappa shape index (κ1) is 18.7. The number of rotatable bonds is 4. The summed E-state index contributed by atoms with van der Waals surface area (Å²) in [6.07, 6.45) is 4.19. The monoisotopic (exact) mass is 400 g/mol. The largest absolute Gasteiger partial charge is 0.296 e. The number of halogens is 2. The van der Waals surface area contributed by atoms with Crippen LogP contribution in [0.15, 0.2) is 18.2 Å². The van der Waals surface area contributed by atoms with Crippen molar-refractivity contribution in [3.63, 3.8) is 0 Å². The molecule has 3 atom stereocenters. The van der Waals surface area contributed by atoms with E-state index in [4.69, 9.17) is 11.6 Å². The van der Waals surface area contributed by atoms with Crippen LogP contribution in [0.25, 0.3) is 0 Å². The van der Waals surface area contributed by atoms with Gasteiger partial charge in [-0.1, -0.05) is 6.07 Å². The lowest BCUT2D eigenvalue weighted by atomic mass is 9.77. The van der Waals surface area contributed by atoms with Crippen molar-refractivity contribution in [2.24, 2.45) is 5.92 Å². The van der Waals surface area contributed by atoms with E-state index >= 15 is 0 Å². The van der Waals surface area contributed by atoms with Crippen LogP contribution < -0.4 is 0 Å². The SMILES string of the molecule is O=S(=O)(CCCCl)N1CCC[C@H]2CN3CCc4ccc(F)cc4[C@@H]3C[C@H]21. The summed E-state index contributed by atoms with van der Waals surface area (Å²) < 4.78 is 41.3. The summed E-state index contributed by atoms with van der Waals surface area (Å²) in [5.74, 6) is 0.660. The van der Waals surface area contributed by atoms with E-state index in [2.05, 4.69) is 4.90 Å². The van der Waals surface area contributed by atoms with Gasteiger partial charge in [0.2, 0.25) is 10.0 Å². The number of hydrogen-bond donors (Lipinski definition) is 0. The molecule has 26 heavy (non-hydrogen) atoms. The van der Waals surface area contributed by atoms with E-state index in [0.717, 1.165) is 44.3 Å². The van der Waals surface area contributed by atoms with Crippen LogP contribution in [0.1, 0.15) is 42.9 Å². The van der Waals surface area contributed by atoms with E-state index in [0.29, 0.717) is 24.8 Å². The Bertz CT molecular complexity index is 773. The van der Waals surface area contributed by atoms with Gasteiger partial charge in [0.1, 0.15) is 5.82 Å². The molecule has 4 nitrogen and oxygen atoms in total. The number of hydrogen-bond acceptors (Lipinski definition) is 3. The van der Waals surface area contributed by atoms with Crippen LogP contribution in [-0.2, 0) is 16.4 Å². The Morgan fingerprint density at radius 1 is 1.27 bits per heavy atom. The summed E-state index contributed by atoms with van der Waals surface area (Å²) in [7, 11) is -3.28. The minimum absolute atomic E-state index is 0.0274. The number of fused-ring (bicyclic) bond motifs is 4. The van der Waals surface area contributed by atoms with E-state index in [1.165, 1.54) is 11.6 Å². The lowest BCUT2D eigenvalue weighted by molar-refractivity contribution is 0.0219. The second kappa shape index (κ2) is 7.38. The van der Waals surface area contributed by atoms with E-state index in [1.54, 1.807) is 10.4 Å². The Hall–Kier alpha value is -0.690. The van der Waals surface area contributed by atoms with Gasteiger partial charge in [0.25, 0.3) is 0 Å². The second-order valence-electron chi connectivity index (χ2n) is 7.78. The second-order valence-corrected chi connectivity index (χ2v) is 10.2. The summed E-state index contributed by atoms with van der Waals surface area (Å²) >= 11 is 5.72. The van der Waals surface area contributed by atoms with Crippen molar-refractivity contribution in [2.45, 2.75) is 44.2 Å². The molecule has 2 saturated heterocycles. The zero-order valence-electron chi connectivity index (χ0n) is 14.9. The average Bonchev–Trinajstić information content (AvgIpc) is 2.64. The van der Waals surface area contributed by atoms with Crippen LogP contribution in [0.5, 0.6) is 0 Å². The molecule has 1 aromatic carbocycles. The maximum atomic E-state index is 13.9. The van der Waals surface area contributed by atoms with Crippen LogP contribution >= 0.6 is 11.6 Å². The summed E-state index contributed by atoms with van der Waals surface area (Å²) in [6, 6.07) is 5.23. The van der Waals surface area contributed by atoms with Gasteiger partial charge in [0.15, 0.2) is 0 Å². The van der Waals surface area contributed by atoms with Crippen LogP contribution in [0.3, 0.4) is 0 Å². The summed E-state index contributed by atoms with van der Waals surface area (Å²) in [6.45, 7) is 2.49. The summed E-state index contributed by atoms with van der Waals surface area (Å²) in [5.41, 5.74) is 2.26. The minimum Gasteiger partial charge on any atom is -0.296 e. The fourth-order valence-corrected chi connectivity index (χ4v) is 7.18. The smallest absolute Gasteiger partial charge is 0.214 e. The molecule has 0 aliphatic carbocycles. The third kappa shape index (κ3) is 3.41. The third-order valence-electron chi connectivity index (χ3n) is 6.27. The standard InChI is InChI=1S/C19H26ClFN2O2S/c20-7-2-10-26(24,25)23-8-1-3-15-13-22-9-6-14-4-5-16(21)11-17(14)19(22)12-18(15)23/h4-5,11,15,18-19H,1-3,6-10,12-13H2/t15-,18+,19-/m0/s1. The quantitative estimate of drug-likeness (QED) is 0.729. The lowest BCUT2D eigenvalue weighted by Crippen LogP contribution is -2.57. The zero-order valence-corrected chi connectivity index (χ0v) is 16.5. The Morgan fingerprint density at radius 2 is 2.12 bits per heavy atom. The number of sulfonamides is 1. The van der Waals surface area contributed by atoms with Gasteiger partial charge in [-0.15, -0.1) is 11.6 Å². The van der Waals surface area contributed by atoms with E-state index < -0.39 is 10.0 Å². The molecule has 7 heteroatoms. The molecule has 3 aliphatic rings. The van der Waals surface area contributed by atoms with Gasteiger partial charge in [-0.25, -0.2) is 12.8 Å². The molecular formula is C19H26ClFN2O2S. The highest BCUT2D eigenvalue weighted by Crippen LogP contribution is 2.43. The molecule has 0 unspecified atom stereocenters.